The second-order valence-corrected chi connectivity index (χ2v) is 14.3. The smallest absolute Gasteiger partial charge is 0.323 e. The van der Waals surface area contributed by atoms with Crippen LogP contribution in [0.3, 0.4) is 0 Å². The second kappa shape index (κ2) is 20.5. The van der Waals surface area contributed by atoms with E-state index in [-0.39, 0.29) is 30.1 Å². The van der Waals surface area contributed by atoms with Crippen LogP contribution in [0.4, 0.5) is 16.2 Å². The number of carbonyl (C=O) groups is 2. The van der Waals surface area contributed by atoms with E-state index in [1.54, 1.807) is 25.3 Å². The lowest BCUT2D eigenvalue weighted by atomic mass is 10.0. The number of likely N-dealkylation sites (N-methyl/N-ethyl adjacent to an activating group) is 1. The number of methoxy groups -OCH3 is 1. The summed E-state index contributed by atoms with van der Waals surface area (Å²) in [6.07, 6.45) is 2.39. The first-order chi connectivity index (χ1) is 26.2. The van der Waals surface area contributed by atoms with Crippen LogP contribution in [0.1, 0.15) is 61.5 Å². The van der Waals surface area contributed by atoms with E-state index in [0.717, 1.165) is 37.1 Å². The highest BCUT2D eigenvalue weighted by atomic mass is 16.5. The molecule has 1 aliphatic rings. The molecule has 54 heavy (non-hydrogen) atoms. The maximum absolute atomic E-state index is 14.9. The van der Waals surface area contributed by atoms with Crippen LogP contribution >= 0.6 is 0 Å². The lowest BCUT2D eigenvalue weighted by Gasteiger charge is -2.36. The molecule has 0 saturated heterocycles. The SMILES string of the molecule is COc1ccc(COC[C@H](C)N2C[C@@H](C)[C@H](CN(C)Cc3ccccc3)OCCCC[C@H](C)Oc3ccc(NC(=O)Nc4ccccc4)cc3C2=O)cc1. The van der Waals surface area contributed by atoms with Crippen LogP contribution in [0.15, 0.2) is 103 Å². The lowest BCUT2D eigenvalue weighted by molar-refractivity contribution is -0.0205. The highest BCUT2D eigenvalue weighted by Gasteiger charge is 2.31. The molecule has 10 nitrogen and oxygen atoms in total. The van der Waals surface area contributed by atoms with E-state index >= 15 is 0 Å². The molecule has 4 aromatic carbocycles. The number of anilines is 2. The lowest BCUT2D eigenvalue weighted by Crippen LogP contribution is -2.47. The van der Waals surface area contributed by atoms with Crippen molar-refractivity contribution < 1.29 is 28.5 Å². The number of amides is 3. The number of hydrogen-bond donors (Lipinski definition) is 2. The van der Waals surface area contributed by atoms with Crippen molar-refractivity contribution in [3.05, 3.63) is 120 Å². The van der Waals surface area contributed by atoms with Gasteiger partial charge in [-0.2, -0.15) is 0 Å². The zero-order chi connectivity index (χ0) is 38.3. The molecule has 2 N–H and O–H groups in total. The molecule has 288 valence electrons. The summed E-state index contributed by atoms with van der Waals surface area (Å²) in [7, 11) is 3.76. The summed E-state index contributed by atoms with van der Waals surface area (Å²) in [6, 6.07) is 32.0. The molecule has 0 aromatic heterocycles. The summed E-state index contributed by atoms with van der Waals surface area (Å²) in [6.45, 7) is 9.46. The minimum absolute atomic E-state index is 0.0135. The molecule has 3 amide bonds. The molecule has 0 unspecified atom stereocenters. The van der Waals surface area contributed by atoms with Gasteiger partial charge in [0, 0.05) is 43.5 Å². The number of hydrogen-bond acceptors (Lipinski definition) is 7. The van der Waals surface area contributed by atoms with Crippen LogP contribution in [-0.2, 0) is 22.6 Å². The van der Waals surface area contributed by atoms with E-state index in [9.17, 15) is 9.59 Å². The Morgan fingerprint density at radius 3 is 2.33 bits per heavy atom. The summed E-state index contributed by atoms with van der Waals surface area (Å²) < 4.78 is 24.6. The topological polar surface area (TPSA) is 102 Å². The highest BCUT2D eigenvalue weighted by Crippen LogP contribution is 2.29. The van der Waals surface area contributed by atoms with Gasteiger partial charge in [-0.1, -0.05) is 67.6 Å². The first-order valence-corrected chi connectivity index (χ1v) is 19.0. The molecule has 10 heteroatoms. The van der Waals surface area contributed by atoms with E-state index < -0.39 is 6.03 Å². The van der Waals surface area contributed by atoms with Gasteiger partial charge in [-0.25, -0.2) is 4.79 Å². The number of rotatable bonds is 12. The molecular formula is C44H56N4O6. The maximum Gasteiger partial charge on any atom is 0.323 e. The summed E-state index contributed by atoms with van der Waals surface area (Å²) >= 11 is 0. The molecule has 0 fully saturated rings. The van der Waals surface area contributed by atoms with E-state index in [2.05, 4.69) is 53.8 Å². The summed E-state index contributed by atoms with van der Waals surface area (Å²) in [4.78, 5) is 32.1. The van der Waals surface area contributed by atoms with Gasteiger partial charge in [0.25, 0.3) is 5.91 Å². The molecule has 1 heterocycles. The van der Waals surface area contributed by atoms with Gasteiger partial charge in [0.15, 0.2) is 0 Å². The summed E-state index contributed by atoms with van der Waals surface area (Å²) in [5.41, 5.74) is 3.77. The fraction of sp³-hybridized carbons (Fsp3) is 0.409. The predicted octanol–water partition coefficient (Wildman–Crippen LogP) is 8.49. The van der Waals surface area contributed by atoms with Crippen LogP contribution in [0.25, 0.3) is 0 Å². The summed E-state index contributed by atoms with van der Waals surface area (Å²) in [5.74, 6) is 1.05. The molecule has 4 aromatic rings. The Hall–Kier alpha value is -4.90. The third kappa shape index (κ3) is 12.3. The monoisotopic (exact) mass is 736 g/mol. The van der Waals surface area contributed by atoms with Crippen molar-refractivity contribution in [2.24, 2.45) is 5.92 Å². The van der Waals surface area contributed by atoms with Gasteiger partial charge in [-0.15, -0.1) is 0 Å². The Kier molecular flexibility index (Phi) is 15.3. The molecule has 0 aliphatic carbocycles. The number of ether oxygens (including phenoxy) is 4. The molecule has 0 bridgehead atoms. The molecule has 0 radical (unpaired) electrons. The zero-order valence-corrected chi connectivity index (χ0v) is 32.3. The Morgan fingerprint density at radius 1 is 0.907 bits per heavy atom. The third-order valence-corrected chi connectivity index (χ3v) is 9.65. The van der Waals surface area contributed by atoms with Crippen molar-refractivity contribution in [2.45, 2.75) is 71.4 Å². The quantitative estimate of drug-likeness (QED) is 0.151. The van der Waals surface area contributed by atoms with Crippen LogP contribution < -0.4 is 20.1 Å². The van der Waals surface area contributed by atoms with Gasteiger partial charge in [-0.05, 0) is 93.7 Å². The molecule has 0 spiro atoms. The highest BCUT2D eigenvalue weighted by molar-refractivity contribution is 6.02. The van der Waals surface area contributed by atoms with E-state index in [0.29, 0.717) is 55.6 Å². The normalized spacial score (nSPS) is 18.9. The van der Waals surface area contributed by atoms with E-state index in [1.165, 1.54) is 5.56 Å². The molecule has 0 saturated carbocycles. The van der Waals surface area contributed by atoms with Crippen LogP contribution in [-0.4, -0.2) is 80.4 Å². The minimum atomic E-state index is -0.408. The standard InChI is InChI=1S/C44H56N4O6/c1-32-27-48(33(2)30-52-31-36-19-22-39(51-5)23-20-36)43(49)40-26-38(46-44(50)45-37-17-10-7-11-18-37)21-24-41(40)54-34(3)14-12-13-25-53-42(32)29-47(4)28-35-15-8-6-9-16-35/h6-11,15-24,26,32-34,42H,12-14,25,27-31H2,1-5H3,(H2,45,46,50)/t32-,33+,34+,42+/m1/s1. The Bertz CT molecular complexity index is 1740. The van der Waals surface area contributed by atoms with Crippen LogP contribution in [0.2, 0.25) is 0 Å². The van der Waals surface area contributed by atoms with Crippen LogP contribution in [0.5, 0.6) is 11.5 Å². The number of benzene rings is 4. The van der Waals surface area contributed by atoms with Crippen molar-refractivity contribution in [2.75, 3.05) is 51.1 Å². The van der Waals surface area contributed by atoms with Crippen molar-refractivity contribution in [1.29, 1.82) is 0 Å². The predicted molar refractivity (Wildman–Crippen MR) is 214 cm³/mol. The first kappa shape index (κ1) is 40.3. The number of nitrogens with zero attached hydrogens (tertiary/aromatic N) is 2. The molecule has 4 atom stereocenters. The second-order valence-electron chi connectivity index (χ2n) is 14.3. The van der Waals surface area contributed by atoms with Gasteiger partial charge in [0.2, 0.25) is 0 Å². The number of nitrogens with one attached hydrogen (secondary N) is 2. The van der Waals surface area contributed by atoms with Crippen molar-refractivity contribution in [1.82, 2.24) is 9.80 Å². The van der Waals surface area contributed by atoms with Crippen molar-refractivity contribution in [3.63, 3.8) is 0 Å². The maximum atomic E-state index is 14.9. The third-order valence-electron chi connectivity index (χ3n) is 9.65. The molecule has 5 rings (SSSR count). The fourth-order valence-electron chi connectivity index (χ4n) is 6.61. The van der Waals surface area contributed by atoms with Gasteiger partial charge in [-0.3, -0.25) is 9.69 Å². The van der Waals surface area contributed by atoms with E-state index in [4.69, 9.17) is 18.9 Å². The summed E-state index contributed by atoms with van der Waals surface area (Å²) in [5, 5.41) is 5.75. The largest absolute Gasteiger partial charge is 0.497 e. The number of urea groups is 1. The van der Waals surface area contributed by atoms with Gasteiger partial charge in [0.1, 0.15) is 11.5 Å². The first-order valence-electron chi connectivity index (χ1n) is 19.0. The molecular weight excluding hydrogens is 681 g/mol. The van der Waals surface area contributed by atoms with Gasteiger partial charge in [0.05, 0.1) is 44.1 Å². The average molecular weight is 737 g/mol. The number of carbonyl (C=O) groups excluding carboxylic acids is 2. The zero-order valence-electron chi connectivity index (χ0n) is 32.3. The molecule has 1 aliphatic heterocycles. The Morgan fingerprint density at radius 2 is 1.61 bits per heavy atom. The fourth-order valence-corrected chi connectivity index (χ4v) is 6.61. The van der Waals surface area contributed by atoms with E-state index in [1.807, 2.05) is 79.4 Å². The Labute approximate surface area is 320 Å². The van der Waals surface area contributed by atoms with Crippen molar-refractivity contribution >= 4 is 23.3 Å². The van der Waals surface area contributed by atoms with Gasteiger partial charge < -0.3 is 34.5 Å². The van der Waals surface area contributed by atoms with Gasteiger partial charge >= 0.3 is 6.03 Å². The number of fused-ring (bicyclic) bond motifs is 1. The minimum Gasteiger partial charge on any atom is -0.497 e. The number of para-hydroxylation sites is 1. The van der Waals surface area contributed by atoms with Crippen LogP contribution in [0, 0.1) is 5.92 Å². The van der Waals surface area contributed by atoms with Crippen molar-refractivity contribution in [3.8, 4) is 11.5 Å². The average Bonchev–Trinajstić information content (AvgIpc) is 3.17. The Balaban J connectivity index is 1.41.